The number of nitrogens with one attached hydrogen (secondary N) is 2. The van der Waals surface area contributed by atoms with Crippen LogP contribution in [0.4, 0.5) is 17.6 Å². The van der Waals surface area contributed by atoms with E-state index in [1.807, 2.05) is 5.48 Å². The Morgan fingerprint density at radius 2 is 2.12 bits per heavy atom. The van der Waals surface area contributed by atoms with E-state index in [1.165, 1.54) is 0 Å². The summed E-state index contributed by atoms with van der Waals surface area (Å²) in [5, 5.41) is 5.37. The normalized spacial score (nSPS) is 17.4. The van der Waals surface area contributed by atoms with E-state index < -0.39 is 47.1 Å². The highest BCUT2D eigenvalue weighted by atomic mass is 19.4. The minimum absolute atomic E-state index is 0.116. The molecule has 2 N–H and O–H groups in total. The number of hydroxylamine groups is 1. The summed E-state index contributed by atoms with van der Waals surface area (Å²) in [6.45, 7) is -0.118. The molecule has 1 unspecified atom stereocenters. The molecule has 2 heterocycles. The molecule has 1 aliphatic rings. The number of hydrogen-bond acceptors (Lipinski definition) is 6. The molecule has 0 bridgehead atoms. The molecule has 12 heteroatoms. The summed E-state index contributed by atoms with van der Waals surface area (Å²) in [6, 6.07) is 1.98. The molecule has 0 saturated carbocycles. The summed E-state index contributed by atoms with van der Waals surface area (Å²) >= 11 is 0. The van der Waals surface area contributed by atoms with Gasteiger partial charge in [0.25, 0.3) is 11.8 Å². The van der Waals surface area contributed by atoms with Crippen LogP contribution in [0.1, 0.15) is 16.2 Å². The molecule has 1 fully saturated rings. The van der Waals surface area contributed by atoms with Gasteiger partial charge in [-0.2, -0.15) is 18.2 Å². The number of carbonyl (C=O) groups is 2. The van der Waals surface area contributed by atoms with Gasteiger partial charge < -0.3 is 9.84 Å². The Hall–Kier alpha value is -3.02. The van der Waals surface area contributed by atoms with Crippen LogP contribution in [0.3, 0.4) is 0 Å². The molecule has 25 heavy (non-hydrogen) atoms. The molecule has 132 valence electrons. The molecule has 8 nitrogen and oxygen atoms in total. The second-order valence-electron chi connectivity index (χ2n) is 4.92. The van der Waals surface area contributed by atoms with Crippen LogP contribution in [0.15, 0.2) is 22.7 Å². The topological polar surface area (TPSA) is 106 Å². The fourth-order valence-electron chi connectivity index (χ4n) is 1.98. The molecule has 2 aromatic rings. The van der Waals surface area contributed by atoms with Crippen molar-refractivity contribution in [3.63, 3.8) is 0 Å². The monoisotopic (exact) mass is 360 g/mol. The van der Waals surface area contributed by atoms with Crippen molar-refractivity contribution in [3.8, 4) is 11.4 Å². The van der Waals surface area contributed by atoms with Gasteiger partial charge in [-0.3, -0.25) is 14.4 Å². The highest BCUT2D eigenvalue weighted by Crippen LogP contribution is 2.29. The largest absolute Gasteiger partial charge is 0.471 e. The van der Waals surface area contributed by atoms with E-state index in [0.29, 0.717) is 0 Å². The first-order valence-electron chi connectivity index (χ1n) is 6.69. The van der Waals surface area contributed by atoms with Crippen molar-refractivity contribution in [1.29, 1.82) is 0 Å². The van der Waals surface area contributed by atoms with Crippen molar-refractivity contribution in [2.24, 2.45) is 0 Å². The van der Waals surface area contributed by atoms with Gasteiger partial charge in [-0.05, 0) is 12.1 Å². The molecule has 1 atom stereocenters. The number of halogens is 4. The van der Waals surface area contributed by atoms with Crippen LogP contribution < -0.4 is 10.8 Å². The van der Waals surface area contributed by atoms with Crippen LogP contribution in [0, 0.1) is 5.82 Å². The Labute approximate surface area is 136 Å². The average Bonchev–Trinajstić information content (AvgIpc) is 3.16. The molecule has 2 amide bonds. The number of hydrogen-bond donors (Lipinski definition) is 2. The van der Waals surface area contributed by atoms with Gasteiger partial charge in [0.15, 0.2) is 0 Å². The maximum absolute atomic E-state index is 14.1. The summed E-state index contributed by atoms with van der Waals surface area (Å²) in [4.78, 5) is 31.0. The van der Waals surface area contributed by atoms with Crippen LogP contribution in [0.2, 0.25) is 0 Å². The summed E-state index contributed by atoms with van der Waals surface area (Å²) in [7, 11) is 0. The molecule has 1 aromatic carbocycles. The maximum atomic E-state index is 14.1. The number of aromatic nitrogens is 2. The van der Waals surface area contributed by atoms with E-state index in [1.54, 1.807) is 0 Å². The van der Waals surface area contributed by atoms with E-state index in [-0.39, 0.29) is 12.2 Å². The Kier molecular flexibility index (Phi) is 4.12. The van der Waals surface area contributed by atoms with E-state index in [2.05, 4.69) is 24.8 Å². The Morgan fingerprint density at radius 3 is 2.68 bits per heavy atom. The molecule has 0 aliphatic carbocycles. The number of carbonyl (C=O) groups excluding carboxylic acids is 2. The Balaban J connectivity index is 1.80. The van der Waals surface area contributed by atoms with Crippen LogP contribution in [-0.2, 0) is 15.8 Å². The maximum Gasteiger partial charge on any atom is 0.471 e. The van der Waals surface area contributed by atoms with Crippen LogP contribution in [0.25, 0.3) is 11.4 Å². The number of alkyl halides is 3. The quantitative estimate of drug-likeness (QED) is 0.793. The van der Waals surface area contributed by atoms with Gasteiger partial charge in [0.05, 0.1) is 5.56 Å². The second kappa shape index (κ2) is 6.12. The van der Waals surface area contributed by atoms with Gasteiger partial charge in [0.2, 0.25) is 5.82 Å². The summed E-state index contributed by atoms with van der Waals surface area (Å²) in [5.74, 6) is -4.57. The van der Waals surface area contributed by atoms with Crippen molar-refractivity contribution in [2.75, 3.05) is 6.61 Å². The first kappa shape index (κ1) is 16.8. The molecule has 1 saturated heterocycles. The van der Waals surface area contributed by atoms with E-state index in [9.17, 15) is 27.2 Å². The lowest BCUT2D eigenvalue weighted by atomic mass is 10.1. The second-order valence-corrected chi connectivity index (χ2v) is 4.92. The van der Waals surface area contributed by atoms with Gasteiger partial charge in [0.1, 0.15) is 18.5 Å². The zero-order valence-electron chi connectivity index (χ0n) is 12.1. The zero-order chi connectivity index (χ0) is 18.2. The first-order chi connectivity index (χ1) is 11.8. The fraction of sp³-hybridized carbons (Fsp3) is 0.231. The summed E-state index contributed by atoms with van der Waals surface area (Å²) < 4.78 is 55.4. The molecule has 1 aliphatic heterocycles. The highest BCUT2D eigenvalue weighted by Gasteiger charge is 2.38. The Bertz CT molecular complexity index is 836. The van der Waals surface area contributed by atoms with Crippen molar-refractivity contribution in [3.05, 3.63) is 35.5 Å². The van der Waals surface area contributed by atoms with Crippen molar-refractivity contribution in [1.82, 2.24) is 20.9 Å². The smallest absolute Gasteiger partial charge is 0.338 e. The van der Waals surface area contributed by atoms with Gasteiger partial charge in [0, 0.05) is 5.56 Å². The SMILES string of the molecule is O=C(NC1CONC1=O)c1ccc(-c2noc(C(F)(F)F)n2)cc1F. The standard InChI is InChI=1S/C13H8F4N4O4/c14-7-3-5(9-19-12(25-20-9)13(15,16)17)1-2-6(7)10(22)18-8-4-24-21-11(8)23/h1-3,8H,4H2,(H,18,22)(H,21,23). The van der Waals surface area contributed by atoms with E-state index >= 15 is 0 Å². The third kappa shape index (κ3) is 3.42. The van der Waals surface area contributed by atoms with Crippen molar-refractivity contribution in [2.45, 2.75) is 12.2 Å². The van der Waals surface area contributed by atoms with Gasteiger partial charge in [-0.1, -0.05) is 11.2 Å². The van der Waals surface area contributed by atoms with Gasteiger partial charge >= 0.3 is 12.1 Å². The minimum atomic E-state index is -4.83. The third-order valence-corrected chi connectivity index (χ3v) is 3.19. The zero-order valence-corrected chi connectivity index (χ0v) is 12.1. The van der Waals surface area contributed by atoms with Crippen LogP contribution in [0.5, 0.6) is 0 Å². The molecule has 0 spiro atoms. The summed E-state index contributed by atoms with van der Waals surface area (Å²) in [6.07, 6.45) is -4.83. The predicted octanol–water partition coefficient (Wildman–Crippen LogP) is 1.05. The number of rotatable bonds is 3. The highest BCUT2D eigenvalue weighted by molar-refractivity contribution is 5.98. The lowest BCUT2D eigenvalue weighted by Gasteiger charge is -2.09. The predicted molar refractivity (Wildman–Crippen MR) is 70.0 cm³/mol. The van der Waals surface area contributed by atoms with Crippen molar-refractivity contribution < 1.29 is 36.5 Å². The van der Waals surface area contributed by atoms with E-state index in [4.69, 9.17) is 0 Å². The molecule has 0 radical (unpaired) electrons. The van der Waals surface area contributed by atoms with Gasteiger partial charge in [-0.15, -0.1) is 0 Å². The lowest BCUT2D eigenvalue weighted by molar-refractivity contribution is -0.159. The lowest BCUT2D eigenvalue weighted by Crippen LogP contribution is -2.41. The number of amides is 2. The molecular formula is C13H8F4N4O4. The van der Waals surface area contributed by atoms with Crippen molar-refractivity contribution >= 4 is 11.8 Å². The molecule has 3 rings (SSSR count). The summed E-state index contributed by atoms with van der Waals surface area (Å²) in [5.41, 5.74) is 1.49. The van der Waals surface area contributed by atoms with E-state index in [0.717, 1.165) is 18.2 Å². The molecule has 1 aromatic heterocycles. The minimum Gasteiger partial charge on any atom is -0.338 e. The van der Waals surface area contributed by atoms with Crippen LogP contribution in [-0.4, -0.2) is 34.6 Å². The molecular weight excluding hydrogens is 352 g/mol. The first-order valence-corrected chi connectivity index (χ1v) is 6.69. The third-order valence-electron chi connectivity index (χ3n) is 3.19. The fourth-order valence-corrected chi connectivity index (χ4v) is 1.98. The Morgan fingerprint density at radius 1 is 1.36 bits per heavy atom. The number of nitrogens with zero attached hydrogens (tertiary/aromatic N) is 2. The number of benzene rings is 1. The van der Waals surface area contributed by atoms with Gasteiger partial charge in [-0.25, -0.2) is 9.87 Å². The average molecular weight is 360 g/mol. The van der Waals surface area contributed by atoms with Crippen LogP contribution >= 0.6 is 0 Å².